The third-order valence-corrected chi connectivity index (χ3v) is 4.92. The van der Waals surface area contributed by atoms with E-state index >= 15 is 0 Å². The number of aromatic nitrogens is 1. The molecule has 1 aromatic heterocycles. The molecule has 0 aliphatic carbocycles. The van der Waals surface area contributed by atoms with Crippen LogP contribution in [0.5, 0.6) is 0 Å². The van der Waals surface area contributed by atoms with E-state index in [2.05, 4.69) is 62.6 Å². The van der Waals surface area contributed by atoms with Crippen LogP contribution in [0.1, 0.15) is 0 Å². The topological polar surface area (TPSA) is 24.9 Å². The lowest BCUT2D eigenvalue weighted by Crippen LogP contribution is -1.87. The molecule has 0 aliphatic heterocycles. The fourth-order valence-electron chi connectivity index (χ4n) is 2.37. The van der Waals surface area contributed by atoms with Gasteiger partial charge in [0.2, 0.25) is 0 Å². The van der Waals surface area contributed by atoms with Crippen LogP contribution >= 0.6 is 27.3 Å². The average molecular weight is 355 g/mol. The van der Waals surface area contributed by atoms with Crippen molar-refractivity contribution in [1.82, 2.24) is 4.98 Å². The monoisotopic (exact) mass is 354 g/mol. The summed E-state index contributed by atoms with van der Waals surface area (Å²) in [7, 11) is 0. The van der Waals surface area contributed by atoms with Gasteiger partial charge in [-0.3, -0.25) is 0 Å². The molecule has 102 valence electrons. The molecule has 0 saturated heterocycles. The highest BCUT2D eigenvalue weighted by atomic mass is 79.9. The van der Waals surface area contributed by atoms with Gasteiger partial charge in [0.15, 0.2) is 5.13 Å². The van der Waals surface area contributed by atoms with Crippen LogP contribution in [0.3, 0.4) is 0 Å². The molecule has 0 amide bonds. The van der Waals surface area contributed by atoms with E-state index in [0.717, 1.165) is 20.8 Å². The standard InChI is InChI=1S/C17H11BrN2S/c18-12-6-8-13(9-7-12)19-17-20-15-10-5-11-3-1-2-4-14(11)16(15)21-17/h1-10H,(H,19,20). The lowest BCUT2D eigenvalue weighted by molar-refractivity contribution is 1.44. The van der Waals surface area contributed by atoms with E-state index in [0.29, 0.717) is 0 Å². The number of benzene rings is 3. The first kappa shape index (κ1) is 12.8. The van der Waals surface area contributed by atoms with E-state index in [4.69, 9.17) is 0 Å². The minimum absolute atomic E-state index is 0.920. The number of nitrogens with zero attached hydrogens (tertiary/aromatic N) is 1. The quantitative estimate of drug-likeness (QED) is 0.480. The summed E-state index contributed by atoms with van der Waals surface area (Å²) in [4.78, 5) is 4.68. The van der Waals surface area contributed by atoms with Gasteiger partial charge in [-0.2, -0.15) is 0 Å². The van der Waals surface area contributed by atoms with E-state index in [9.17, 15) is 0 Å². The van der Waals surface area contributed by atoms with E-state index in [-0.39, 0.29) is 0 Å². The molecule has 1 heterocycles. The lowest BCUT2D eigenvalue weighted by Gasteiger charge is -2.01. The Labute approximate surface area is 134 Å². The normalized spacial score (nSPS) is 11.1. The molecular weight excluding hydrogens is 344 g/mol. The highest BCUT2D eigenvalue weighted by molar-refractivity contribution is 9.10. The second kappa shape index (κ2) is 5.13. The van der Waals surface area contributed by atoms with Crippen molar-refractivity contribution in [2.24, 2.45) is 0 Å². The molecule has 2 nitrogen and oxygen atoms in total. The second-order valence-corrected chi connectivity index (χ2v) is 6.70. The van der Waals surface area contributed by atoms with Gasteiger partial charge in [0.25, 0.3) is 0 Å². The lowest BCUT2D eigenvalue weighted by atomic mass is 10.1. The minimum Gasteiger partial charge on any atom is -0.332 e. The number of nitrogens with one attached hydrogen (secondary N) is 1. The number of halogens is 1. The van der Waals surface area contributed by atoms with Crippen LogP contribution < -0.4 is 5.32 Å². The molecule has 0 radical (unpaired) electrons. The summed E-state index contributed by atoms with van der Waals surface area (Å²) in [5.41, 5.74) is 2.08. The number of anilines is 2. The molecule has 4 heteroatoms. The van der Waals surface area contributed by atoms with Crippen LogP contribution in [-0.2, 0) is 0 Å². The molecular formula is C17H11BrN2S. The van der Waals surface area contributed by atoms with Crippen molar-refractivity contribution >= 4 is 59.1 Å². The van der Waals surface area contributed by atoms with E-state index in [1.807, 2.05) is 24.3 Å². The van der Waals surface area contributed by atoms with Crippen LogP contribution in [0.4, 0.5) is 10.8 Å². The number of fused-ring (bicyclic) bond motifs is 3. The summed E-state index contributed by atoms with van der Waals surface area (Å²) < 4.78 is 2.30. The van der Waals surface area contributed by atoms with Gasteiger partial charge in [-0.1, -0.05) is 57.6 Å². The Balaban J connectivity index is 1.79. The number of hydrogen-bond acceptors (Lipinski definition) is 3. The van der Waals surface area contributed by atoms with Crippen LogP contribution in [0.25, 0.3) is 21.0 Å². The Hall–Kier alpha value is -1.91. The maximum Gasteiger partial charge on any atom is 0.188 e. The SMILES string of the molecule is Brc1ccc(Nc2nc3ccc4ccccc4c3s2)cc1. The zero-order chi connectivity index (χ0) is 14.2. The molecule has 3 aromatic carbocycles. The third kappa shape index (κ3) is 2.41. The predicted molar refractivity (Wildman–Crippen MR) is 94.6 cm³/mol. The van der Waals surface area contributed by atoms with Gasteiger partial charge in [0.1, 0.15) is 0 Å². The van der Waals surface area contributed by atoms with Gasteiger partial charge in [-0.15, -0.1) is 0 Å². The first-order valence-electron chi connectivity index (χ1n) is 6.60. The van der Waals surface area contributed by atoms with Crippen LogP contribution in [0.15, 0.2) is 65.1 Å². The van der Waals surface area contributed by atoms with Gasteiger partial charge >= 0.3 is 0 Å². The molecule has 0 unspecified atom stereocenters. The molecule has 21 heavy (non-hydrogen) atoms. The zero-order valence-electron chi connectivity index (χ0n) is 11.0. The van der Waals surface area contributed by atoms with Crippen LogP contribution in [0, 0.1) is 0 Å². The molecule has 0 bridgehead atoms. The summed E-state index contributed by atoms with van der Waals surface area (Å²) in [5.74, 6) is 0. The first-order chi connectivity index (χ1) is 10.3. The number of thiazole rings is 1. The van der Waals surface area contributed by atoms with Crippen molar-refractivity contribution in [3.05, 3.63) is 65.1 Å². The van der Waals surface area contributed by atoms with E-state index < -0.39 is 0 Å². The van der Waals surface area contributed by atoms with Crippen molar-refractivity contribution < 1.29 is 0 Å². The van der Waals surface area contributed by atoms with Crippen LogP contribution in [-0.4, -0.2) is 4.98 Å². The number of rotatable bonds is 2. The molecule has 0 fully saturated rings. The van der Waals surface area contributed by atoms with Crippen molar-refractivity contribution in [2.45, 2.75) is 0 Å². The summed E-state index contributed by atoms with van der Waals surface area (Å²) in [6, 6.07) is 20.7. The summed E-state index contributed by atoms with van der Waals surface area (Å²) in [6.07, 6.45) is 0. The Bertz CT molecular complexity index is 928. The van der Waals surface area contributed by atoms with Crippen molar-refractivity contribution in [3.8, 4) is 0 Å². The van der Waals surface area contributed by atoms with Crippen molar-refractivity contribution in [1.29, 1.82) is 0 Å². The molecule has 0 spiro atoms. The van der Waals surface area contributed by atoms with Crippen LogP contribution in [0.2, 0.25) is 0 Å². The highest BCUT2D eigenvalue weighted by Gasteiger charge is 2.07. The molecule has 4 rings (SSSR count). The molecule has 0 aliphatic rings. The van der Waals surface area contributed by atoms with E-state index in [1.54, 1.807) is 11.3 Å². The zero-order valence-corrected chi connectivity index (χ0v) is 13.4. The molecule has 4 aromatic rings. The Morgan fingerprint density at radius 2 is 1.71 bits per heavy atom. The predicted octanol–water partition coefficient (Wildman–Crippen LogP) is 5.96. The summed E-state index contributed by atoms with van der Waals surface area (Å²) >= 11 is 5.14. The smallest absolute Gasteiger partial charge is 0.188 e. The third-order valence-electron chi connectivity index (χ3n) is 3.38. The molecule has 0 atom stereocenters. The summed E-state index contributed by atoms with van der Waals surface area (Å²) in [5, 5.41) is 6.81. The van der Waals surface area contributed by atoms with Gasteiger partial charge in [-0.25, -0.2) is 4.98 Å². The number of hydrogen-bond donors (Lipinski definition) is 1. The van der Waals surface area contributed by atoms with Crippen molar-refractivity contribution in [2.75, 3.05) is 5.32 Å². The van der Waals surface area contributed by atoms with Crippen molar-refractivity contribution in [3.63, 3.8) is 0 Å². The Morgan fingerprint density at radius 1 is 0.905 bits per heavy atom. The second-order valence-electron chi connectivity index (χ2n) is 4.79. The summed E-state index contributed by atoms with van der Waals surface area (Å²) in [6.45, 7) is 0. The maximum absolute atomic E-state index is 4.68. The average Bonchev–Trinajstić information content (AvgIpc) is 2.92. The minimum atomic E-state index is 0.920. The Kier molecular flexibility index (Phi) is 3.13. The Morgan fingerprint density at radius 3 is 2.57 bits per heavy atom. The van der Waals surface area contributed by atoms with Gasteiger partial charge in [-0.05, 0) is 35.7 Å². The van der Waals surface area contributed by atoms with Gasteiger partial charge in [0.05, 0.1) is 10.2 Å². The fourth-order valence-corrected chi connectivity index (χ4v) is 3.65. The van der Waals surface area contributed by atoms with E-state index in [1.165, 1.54) is 15.5 Å². The first-order valence-corrected chi connectivity index (χ1v) is 8.21. The molecule has 1 N–H and O–H groups in total. The fraction of sp³-hybridized carbons (Fsp3) is 0. The maximum atomic E-state index is 4.68. The van der Waals surface area contributed by atoms with Gasteiger partial charge in [0, 0.05) is 15.5 Å². The largest absolute Gasteiger partial charge is 0.332 e. The molecule has 0 saturated carbocycles. The highest BCUT2D eigenvalue weighted by Crippen LogP contribution is 2.33. The van der Waals surface area contributed by atoms with Gasteiger partial charge < -0.3 is 5.32 Å².